The SMILES string of the molecule is CCN(Cc1ccc(Cl)c(F)c1)C1CCNC1. The Balaban J connectivity index is 2.04. The van der Waals surface area contributed by atoms with E-state index in [1.165, 1.54) is 12.5 Å². The zero-order valence-corrected chi connectivity index (χ0v) is 10.8. The fraction of sp³-hybridized carbons (Fsp3) is 0.538. The average molecular weight is 257 g/mol. The van der Waals surface area contributed by atoms with Crippen molar-refractivity contribution in [3.63, 3.8) is 0 Å². The van der Waals surface area contributed by atoms with E-state index in [0.717, 1.165) is 31.7 Å². The first kappa shape index (κ1) is 12.8. The zero-order chi connectivity index (χ0) is 12.3. The lowest BCUT2D eigenvalue weighted by Crippen LogP contribution is -2.36. The van der Waals surface area contributed by atoms with E-state index in [1.807, 2.05) is 6.07 Å². The van der Waals surface area contributed by atoms with Crippen molar-refractivity contribution in [2.75, 3.05) is 19.6 Å². The quantitative estimate of drug-likeness (QED) is 0.891. The summed E-state index contributed by atoms with van der Waals surface area (Å²) >= 11 is 5.68. The zero-order valence-electron chi connectivity index (χ0n) is 10.0. The van der Waals surface area contributed by atoms with Crippen molar-refractivity contribution in [1.29, 1.82) is 0 Å². The minimum Gasteiger partial charge on any atom is -0.315 e. The van der Waals surface area contributed by atoms with Gasteiger partial charge in [-0.15, -0.1) is 0 Å². The molecule has 1 aliphatic heterocycles. The van der Waals surface area contributed by atoms with Crippen LogP contribution in [-0.4, -0.2) is 30.6 Å². The number of hydrogen-bond acceptors (Lipinski definition) is 2. The third-order valence-electron chi connectivity index (χ3n) is 3.33. The number of rotatable bonds is 4. The third-order valence-corrected chi connectivity index (χ3v) is 3.63. The number of hydrogen-bond donors (Lipinski definition) is 1. The van der Waals surface area contributed by atoms with Crippen LogP contribution in [-0.2, 0) is 6.54 Å². The standard InChI is InChI=1S/C13H18ClFN2/c1-2-17(11-5-6-16-8-11)9-10-3-4-12(14)13(15)7-10/h3-4,7,11,16H,2,5-6,8-9H2,1H3. The van der Waals surface area contributed by atoms with E-state index in [1.54, 1.807) is 6.07 Å². The Morgan fingerprint density at radius 3 is 2.94 bits per heavy atom. The Kier molecular flexibility index (Phi) is 4.37. The van der Waals surface area contributed by atoms with Gasteiger partial charge in [0, 0.05) is 19.1 Å². The van der Waals surface area contributed by atoms with E-state index in [-0.39, 0.29) is 10.8 Å². The van der Waals surface area contributed by atoms with Crippen molar-refractivity contribution in [3.05, 3.63) is 34.6 Å². The maximum atomic E-state index is 13.3. The van der Waals surface area contributed by atoms with Crippen LogP contribution in [0.5, 0.6) is 0 Å². The fourth-order valence-corrected chi connectivity index (χ4v) is 2.44. The Hall–Kier alpha value is -0.640. The Morgan fingerprint density at radius 2 is 2.35 bits per heavy atom. The normalized spacial score (nSPS) is 20.1. The number of benzene rings is 1. The molecule has 1 aliphatic rings. The highest BCUT2D eigenvalue weighted by atomic mass is 35.5. The van der Waals surface area contributed by atoms with Crippen LogP contribution in [0.2, 0.25) is 5.02 Å². The molecule has 1 saturated heterocycles. The summed E-state index contributed by atoms with van der Waals surface area (Å²) in [4.78, 5) is 2.38. The first-order valence-corrected chi connectivity index (χ1v) is 6.47. The van der Waals surface area contributed by atoms with E-state index >= 15 is 0 Å². The minimum atomic E-state index is -0.329. The maximum Gasteiger partial charge on any atom is 0.142 e. The molecule has 0 radical (unpaired) electrons. The first-order valence-electron chi connectivity index (χ1n) is 6.09. The van der Waals surface area contributed by atoms with E-state index in [0.29, 0.717) is 6.04 Å². The lowest BCUT2D eigenvalue weighted by molar-refractivity contribution is 0.210. The van der Waals surface area contributed by atoms with Crippen LogP contribution in [0.1, 0.15) is 18.9 Å². The predicted molar refractivity (Wildman–Crippen MR) is 68.8 cm³/mol. The predicted octanol–water partition coefficient (Wildman–Crippen LogP) is 2.66. The van der Waals surface area contributed by atoms with Gasteiger partial charge in [0.05, 0.1) is 5.02 Å². The smallest absolute Gasteiger partial charge is 0.142 e. The molecular formula is C13H18ClFN2. The van der Waals surface area contributed by atoms with Gasteiger partial charge in [-0.25, -0.2) is 4.39 Å². The highest BCUT2D eigenvalue weighted by Crippen LogP contribution is 2.18. The highest BCUT2D eigenvalue weighted by Gasteiger charge is 2.21. The van der Waals surface area contributed by atoms with Gasteiger partial charge < -0.3 is 5.32 Å². The van der Waals surface area contributed by atoms with Gasteiger partial charge >= 0.3 is 0 Å². The number of likely N-dealkylation sites (N-methyl/N-ethyl adjacent to an activating group) is 1. The number of nitrogens with one attached hydrogen (secondary N) is 1. The molecule has 2 rings (SSSR count). The molecule has 0 spiro atoms. The van der Waals surface area contributed by atoms with Crippen molar-refractivity contribution in [1.82, 2.24) is 10.2 Å². The average Bonchev–Trinajstić information content (AvgIpc) is 2.84. The topological polar surface area (TPSA) is 15.3 Å². The van der Waals surface area contributed by atoms with Crippen LogP contribution in [0.3, 0.4) is 0 Å². The molecule has 17 heavy (non-hydrogen) atoms. The summed E-state index contributed by atoms with van der Waals surface area (Å²) in [7, 11) is 0. The number of halogens is 2. The summed E-state index contributed by atoms with van der Waals surface area (Å²) in [5.41, 5.74) is 0.987. The molecule has 0 bridgehead atoms. The summed E-state index contributed by atoms with van der Waals surface area (Å²) < 4.78 is 13.3. The van der Waals surface area contributed by atoms with Gasteiger partial charge in [-0.1, -0.05) is 24.6 Å². The van der Waals surface area contributed by atoms with Crippen LogP contribution < -0.4 is 5.32 Å². The summed E-state index contributed by atoms with van der Waals surface area (Å²) in [5, 5.41) is 3.55. The van der Waals surface area contributed by atoms with E-state index < -0.39 is 0 Å². The summed E-state index contributed by atoms with van der Waals surface area (Å²) in [6.07, 6.45) is 1.17. The highest BCUT2D eigenvalue weighted by molar-refractivity contribution is 6.30. The molecule has 1 aromatic rings. The van der Waals surface area contributed by atoms with E-state index in [4.69, 9.17) is 11.6 Å². The first-order chi connectivity index (χ1) is 8.20. The third kappa shape index (κ3) is 3.18. The monoisotopic (exact) mass is 256 g/mol. The van der Waals surface area contributed by atoms with Crippen molar-refractivity contribution in [2.45, 2.75) is 25.9 Å². The van der Waals surface area contributed by atoms with Crippen molar-refractivity contribution < 1.29 is 4.39 Å². The molecule has 1 heterocycles. The number of nitrogens with zero attached hydrogens (tertiary/aromatic N) is 1. The van der Waals surface area contributed by atoms with Gasteiger partial charge in [0.1, 0.15) is 5.82 Å². The molecule has 0 saturated carbocycles. The van der Waals surface area contributed by atoms with Gasteiger partial charge in [0.2, 0.25) is 0 Å². The fourth-order valence-electron chi connectivity index (χ4n) is 2.32. The second kappa shape index (κ2) is 5.80. The molecule has 1 atom stereocenters. The van der Waals surface area contributed by atoms with E-state index in [9.17, 15) is 4.39 Å². The van der Waals surface area contributed by atoms with Crippen LogP contribution in [0.4, 0.5) is 4.39 Å². The van der Waals surface area contributed by atoms with Crippen molar-refractivity contribution >= 4 is 11.6 Å². The Bertz CT molecular complexity index is 378. The molecule has 1 aromatic carbocycles. The largest absolute Gasteiger partial charge is 0.315 e. The van der Waals surface area contributed by atoms with Crippen LogP contribution in [0, 0.1) is 5.82 Å². The van der Waals surface area contributed by atoms with Crippen molar-refractivity contribution in [2.24, 2.45) is 0 Å². The molecule has 1 N–H and O–H groups in total. The van der Waals surface area contributed by atoms with Crippen molar-refractivity contribution in [3.8, 4) is 0 Å². The van der Waals surface area contributed by atoms with Gasteiger partial charge in [-0.05, 0) is 37.2 Å². The molecule has 1 unspecified atom stereocenters. The molecule has 0 aliphatic carbocycles. The van der Waals surface area contributed by atoms with Crippen LogP contribution >= 0.6 is 11.6 Å². The molecule has 1 fully saturated rings. The lowest BCUT2D eigenvalue weighted by atomic mass is 10.1. The van der Waals surface area contributed by atoms with Gasteiger partial charge in [0.25, 0.3) is 0 Å². The Morgan fingerprint density at radius 1 is 1.53 bits per heavy atom. The van der Waals surface area contributed by atoms with Gasteiger partial charge in [-0.2, -0.15) is 0 Å². The lowest BCUT2D eigenvalue weighted by Gasteiger charge is -2.26. The molecule has 0 aromatic heterocycles. The van der Waals surface area contributed by atoms with E-state index in [2.05, 4.69) is 17.1 Å². The second-order valence-corrected chi connectivity index (χ2v) is 4.87. The summed E-state index contributed by atoms with van der Waals surface area (Å²) in [6.45, 7) is 6.03. The summed E-state index contributed by atoms with van der Waals surface area (Å²) in [5.74, 6) is -0.329. The minimum absolute atomic E-state index is 0.194. The van der Waals surface area contributed by atoms with Gasteiger partial charge in [0.15, 0.2) is 0 Å². The van der Waals surface area contributed by atoms with Gasteiger partial charge in [-0.3, -0.25) is 4.90 Å². The molecule has 4 heteroatoms. The van der Waals surface area contributed by atoms with Crippen LogP contribution in [0.25, 0.3) is 0 Å². The molecule has 0 amide bonds. The summed E-state index contributed by atoms with van der Waals surface area (Å²) in [6, 6.07) is 5.63. The molecule has 94 valence electrons. The molecule has 2 nitrogen and oxygen atoms in total. The van der Waals surface area contributed by atoms with Crippen LogP contribution in [0.15, 0.2) is 18.2 Å². The Labute approximate surface area is 107 Å². The second-order valence-electron chi connectivity index (χ2n) is 4.46. The maximum absolute atomic E-state index is 13.3. The molecular weight excluding hydrogens is 239 g/mol.